The number of amides is 1. The molecule has 0 aliphatic heterocycles. The van der Waals surface area contributed by atoms with Crippen LogP contribution in [0.25, 0.3) is 0 Å². The second-order valence-corrected chi connectivity index (χ2v) is 6.43. The summed E-state index contributed by atoms with van der Waals surface area (Å²) in [6.45, 7) is 4.55. The predicted octanol–water partition coefficient (Wildman–Crippen LogP) is 2.73. The number of carbonyl (C=O) groups excluding carboxylic acids is 1. The molecule has 1 aliphatic carbocycles. The standard InChI is InChI=1S/C18H23NO2/c1-18(2)10-9-16(13-18)19-17(21)15-8-5-7-14(12-15)6-3-4-11-20/h5,7-8,12,16,20H,4,9-11,13H2,1-2H3,(H,19,21). The van der Waals surface area contributed by atoms with E-state index in [0.717, 1.165) is 24.8 Å². The molecule has 1 aromatic rings. The third kappa shape index (κ3) is 4.61. The topological polar surface area (TPSA) is 49.3 Å². The summed E-state index contributed by atoms with van der Waals surface area (Å²) in [5.41, 5.74) is 1.79. The Labute approximate surface area is 126 Å². The molecule has 21 heavy (non-hydrogen) atoms. The normalized spacial score (nSPS) is 19.7. The second kappa shape index (κ2) is 6.78. The molecular weight excluding hydrogens is 262 g/mol. The summed E-state index contributed by atoms with van der Waals surface area (Å²) in [4.78, 5) is 12.3. The Balaban J connectivity index is 2.00. The SMILES string of the molecule is CC1(C)CCC(NC(=O)c2cccc(C#CCCO)c2)C1. The molecular formula is C18H23NO2. The molecule has 3 nitrogen and oxygen atoms in total. The number of hydrogen-bond donors (Lipinski definition) is 2. The Morgan fingerprint density at radius 2 is 2.29 bits per heavy atom. The Morgan fingerprint density at radius 1 is 1.48 bits per heavy atom. The van der Waals surface area contributed by atoms with E-state index in [-0.39, 0.29) is 18.6 Å². The summed E-state index contributed by atoms with van der Waals surface area (Å²) in [5.74, 6) is 5.80. The van der Waals surface area contributed by atoms with Crippen molar-refractivity contribution in [2.45, 2.75) is 45.6 Å². The van der Waals surface area contributed by atoms with Gasteiger partial charge in [-0.05, 0) is 42.9 Å². The smallest absolute Gasteiger partial charge is 0.251 e. The van der Waals surface area contributed by atoms with Gasteiger partial charge < -0.3 is 10.4 Å². The summed E-state index contributed by atoms with van der Waals surface area (Å²) in [5, 5.41) is 11.8. The number of aliphatic hydroxyl groups excluding tert-OH is 1. The Hall–Kier alpha value is -1.79. The maximum atomic E-state index is 12.3. The first kappa shape index (κ1) is 15.6. The van der Waals surface area contributed by atoms with Crippen LogP contribution in [0, 0.1) is 17.3 Å². The van der Waals surface area contributed by atoms with Crippen LogP contribution >= 0.6 is 0 Å². The predicted molar refractivity (Wildman–Crippen MR) is 83.9 cm³/mol. The van der Waals surface area contributed by atoms with E-state index in [1.54, 1.807) is 6.07 Å². The van der Waals surface area contributed by atoms with E-state index in [4.69, 9.17) is 5.11 Å². The van der Waals surface area contributed by atoms with Crippen molar-refractivity contribution >= 4 is 5.91 Å². The molecule has 0 heterocycles. The van der Waals surface area contributed by atoms with Gasteiger partial charge >= 0.3 is 0 Å². The minimum atomic E-state index is -0.0245. The third-order valence-corrected chi connectivity index (χ3v) is 3.90. The molecule has 0 saturated heterocycles. The fourth-order valence-corrected chi connectivity index (χ4v) is 2.79. The van der Waals surface area contributed by atoms with E-state index in [1.807, 2.05) is 18.2 Å². The fourth-order valence-electron chi connectivity index (χ4n) is 2.79. The van der Waals surface area contributed by atoms with Crippen LogP contribution in [0.4, 0.5) is 0 Å². The molecule has 2 rings (SSSR count). The van der Waals surface area contributed by atoms with Gasteiger partial charge in [0.2, 0.25) is 0 Å². The number of rotatable bonds is 3. The lowest BCUT2D eigenvalue weighted by molar-refractivity contribution is 0.0936. The molecule has 1 fully saturated rings. The average molecular weight is 285 g/mol. The summed E-state index contributed by atoms with van der Waals surface area (Å²) >= 11 is 0. The van der Waals surface area contributed by atoms with Gasteiger partial charge in [-0.25, -0.2) is 0 Å². The number of nitrogens with one attached hydrogen (secondary N) is 1. The fraction of sp³-hybridized carbons (Fsp3) is 0.500. The second-order valence-electron chi connectivity index (χ2n) is 6.43. The van der Waals surface area contributed by atoms with E-state index >= 15 is 0 Å². The van der Waals surface area contributed by atoms with Crippen molar-refractivity contribution in [3.63, 3.8) is 0 Å². The van der Waals surface area contributed by atoms with Gasteiger partial charge in [-0.15, -0.1) is 0 Å². The van der Waals surface area contributed by atoms with Gasteiger partial charge in [-0.2, -0.15) is 0 Å². The van der Waals surface area contributed by atoms with Crippen molar-refractivity contribution in [1.29, 1.82) is 0 Å². The number of aliphatic hydroxyl groups is 1. The van der Waals surface area contributed by atoms with Crippen LogP contribution in [0.1, 0.15) is 55.5 Å². The summed E-state index contributed by atoms with van der Waals surface area (Å²) < 4.78 is 0. The van der Waals surface area contributed by atoms with Crippen LogP contribution in [0.15, 0.2) is 24.3 Å². The first-order valence-electron chi connectivity index (χ1n) is 7.51. The number of benzene rings is 1. The first-order chi connectivity index (χ1) is 10.00. The highest BCUT2D eigenvalue weighted by Crippen LogP contribution is 2.36. The largest absolute Gasteiger partial charge is 0.395 e. The van der Waals surface area contributed by atoms with Crippen LogP contribution in [-0.4, -0.2) is 23.7 Å². The van der Waals surface area contributed by atoms with Gasteiger partial charge in [-0.1, -0.05) is 31.8 Å². The molecule has 0 bridgehead atoms. The van der Waals surface area contributed by atoms with Crippen LogP contribution < -0.4 is 5.32 Å². The van der Waals surface area contributed by atoms with E-state index in [2.05, 4.69) is 31.0 Å². The van der Waals surface area contributed by atoms with Gasteiger partial charge in [-0.3, -0.25) is 4.79 Å². The molecule has 0 aromatic heterocycles. The minimum absolute atomic E-state index is 0.0245. The molecule has 1 atom stereocenters. The van der Waals surface area contributed by atoms with Gasteiger partial charge in [0.15, 0.2) is 0 Å². The highest BCUT2D eigenvalue weighted by Gasteiger charge is 2.31. The average Bonchev–Trinajstić information content (AvgIpc) is 2.78. The Bertz CT molecular complexity index is 566. The Kier molecular flexibility index (Phi) is 5.03. The molecule has 1 aliphatic rings. The molecule has 3 heteroatoms. The van der Waals surface area contributed by atoms with Crippen LogP contribution in [-0.2, 0) is 0 Å². The monoisotopic (exact) mass is 285 g/mol. The van der Waals surface area contributed by atoms with Crippen molar-refractivity contribution in [2.24, 2.45) is 5.41 Å². The molecule has 2 N–H and O–H groups in total. The molecule has 1 unspecified atom stereocenters. The van der Waals surface area contributed by atoms with Crippen molar-refractivity contribution in [1.82, 2.24) is 5.32 Å². The van der Waals surface area contributed by atoms with E-state index in [1.165, 1.54) is 0 Å². The quantitative estimate of drug-likeness (QED) is 0.839. The summed E-state index contributed by atoms with van der Waals surface area (Å²) in [7, 11) is 0. The third-order valence-electron chi connectivity index (χ3n) is 3.90. The number of carbonyl (C=O) groups is 1. The van der Waals surface area contributed by atoms with E-state index in [9.17, 15) is 4.79 Å². The Morgan fingerprint density at radius 3 is 2.95 bits per heavy atom. The van der Waals surface area contributed by atoms with Crippen molar-refractivity contribution in [3.8, 4) is 11.8 Å². The maximum absolute atomic E-state index is 12.3. The van der Waals surface area contributed by atoms with Gasteiger partial charge in [0.1, 0.15) is 0 Å². The van der Waals surface area contributed by atoms with Gasteiger partial charge in [0.25, 0.3) is 5.91 Å². The minimum Gasteiger partial charge on any atom is -0.395 e. The first-order valence-corrected chi connectivity index (χ1v) is 7.51. The van der Waals surface area contributed by atoms with E-state index < -0.39 is 0 Å². The highest BCUT2D eigenvalue weighted by molar-refractivity contribution is 5.94. The molecule has 112 valence electrons. The molecule has 0 radical (unpaired) electrons. The van der Waals surface area contributed by atoms with Crippen LogP contribution in [0.3, 0.4) is 0 Å². The van der Waals surface area contributed by atoms with Crippen LogP contribution in [0.2, 0.25) is 0 Å². The molecule has 0 spiro atoms. The maximum Gasteiger partial charge on any atom is 0.251 e. The van der Waals surface area contributed by atoms with Crippen LogP contribution in [0.5, 0.6) is 0 Å². The summed E-state index contributed by atoms with van der Waals surface area (Å²) in [6, 6.07) is 7.61. The lowest BCUT2D eigenvalue weighted by Gasteiger charge is -2.17. The molecule has 1 aromatic carbocycles. The van der Waals surface area contributed by atoms with Crippen molar-refractivity contribution in [3.05, 3.63) is 35.4 Å². The highest BCUT2D eigenvalue weighted by atomic mass is 16.2. The van der Waals surface area contributed by atoms with E-state index in [0.29, 0.717) is 17.4 Å². The molecule has 1 amide bonds. The summed E-state index contributed by atoms with van der Waals surface area (Å²) in [6.07, 6.45) is 3.70. The number of hydrogen-bond acceptors (Lipinski definition) is 2. The zero-order chi connectivity index (χ0) is 15.3. The van der Waals surface area contributed by atoms with Gasteiger partial charge in [0.05, 0.1) is 6.61 Å². The lowest BCUT2D eigenvalue weighted by atomic mass is 9.92. The molecule has 1 saturated carbocycles. The zero-order valence-corrected chi connectivity index (χ0v) is 12.8. The zero-order valence-electron chi connectivity index (χ0n) is 12.8. The van der Waals surface area contributed by atoms with Gasteiger partial charge in [0, 0.05) is 23.6 Å². The lowest BCUT2D eigenvalue weighted by Crippen LogP contribution is -2.33. The van der Waals surface area contributed by atoms with Crippen molar-refractivity contribution in [2.75, 3.05) is 6.61 Å². The van der Waals surface area contributed by atoms with Crippen molar-refractivity contribution < 1.29 is 9.90 Å².